The van der Waals surface area contributed by atoms with E-state index in [2.05, 4.69) is 27.9 Å². The molecule has 2 aliphatic heterocycles. The number of likely N-dealkylation sites (N-methyl/N-ethyl adjacent to an activating group) is 2. The number of hydrogen-bond donors (Lipinski definition) is 0. The quantitative estimate of drug-likeness (QED) is 0.808. The fourth-order valence-corrected chi connectivity index (χ4v) is 3.53. The molecule has 3 heterocycles. The lowest BCUT2D eigenvalue weighted by atomic mass is 9.83. The second-order valence-electron chi connectivity index (χ2n) is 6.28. The number of hydrogen-bond acceptors (Lipinski definition) is 4. The fourth-order valence-electron chi connectivity index (χ4n) is 3.53. The van der Waals surface area contributed by atoms with Crippen LogP contribution < -0.4 is 0 Å². The Labute approximate surface area is 126 Å². The first kappa shape index (κ1) is 14.5. The third-order valence-corrected chi connectivity index (χ3v) is 5.04. The maximum atomic E-state index is 12.6. The minimum absolute atomic E-state index is 0.270. The number of pyridine rings is 1. The second-order valence-corrected chi connectivity index (χ2v) is 6.28. The molecule has 0 unspecified atom stereocenters. The molecule has 0 atom stereocenters. The molecule has 2 aliphatic rings. The van der Waals surface area contributed by atoms with E-state index in [1.165, 1.54) is 0 Å². The molecule has 1 spiro atoms. The number of likely N-dealkylation sites (tertiary alicyclic amines) is 1. The molecule has 5 heteroatoms. The Kier molecular flexibility index (Phi) is 3.95. The van der Waals surface area contributed by atoms with Gasteiger partial charge in [-0.15, -0.1) is 0 Å². The number of carbonyl (C=O) groups excluding carboxylic acids is 1. The van der Waals surface area contributed by atoms with Crippen molar-refractivity contribution in [3.63, 3.8) is 0 Å². The first-order valence-corrected chi connectivity index (χ1v) is 7.71. The standard InChI is InChI=1S/C16H24N4O/c1-18-11-12-19(2)16(15(18)21)6-9-20(10-7-16)13-14-5-3-4-8-17-14/h3-5,8H,6-7,9-13H2,1-2H3. The van der Waals surface area contributed by atoms with Gasteiger partial charge >= 0.3 is 0 Å². The largest absolute Gasteiger partial charge is 0.343 e. The van der Waals surface area contributed by atoms with Crippen LogP contribution in [0.15, 0.2) is 24.4 Å². The molecular weight excluding hydrogens is 264 g/mol. The van der Waals surface area contributed by atoms with Crippen molar-refractivity contribution in [2.24, 2.45) is 0 Å². The van der Waals surface area contributed by atoms with Gasteiger partial charge in [-0.05, 0) is 32.0 Å². The molecule has 114 valence electrons. The van der Waals surface area contributed by atoms with E-state index in [-0.39, 0.29) is 5.54 Å². The summed E-state index contributed by atoms with van der Waals surface area (Å²) in [5.41, 5.74) is 0.835. The summed E-state index contributed by atoms with van der Waals surface area (Å²) in [4.78, 5) is 23.6. The molecule has 0 bridgehead atoms. The van der Waals surface area contributed by atoms with Gasteiger partial charge in [0.15, 0.2) is 0 Å². The number of rotatable bonds is 2. The molecular formula is C16H24N4O. The summed E-state index contributed by atoms with van der Waals surface area (Å²) in [6.07, 6.45) is 3.67. The number of piperazine rings is 1. The van der Waals surface area contributed by atoms with E-state index in [0.29, 0.717) is 5.91 Å². The van der Waals surface area contributed by atoms with Crippen molar-refractivity contribution in [1.29, 1.82) is 0 Å². The number of piperidine rings is 1. The predicted octanol–water partition coefficient (Wildman–Crippen LogP) is 0.820. The first-order chi connectivity index (χ1) is 10.1. The highest BCUT2D eigenvalue weighted by Gasteiger charge is 2.48. The molecule has 5 nitrogen and oxygen atoms in total. The van der Waals surface area contributed by atoms with Crippen molar-refractivity contribution in [2.75, 3.05) is 40.3 Å². The molecule has 2 saturated heterocycles. The molecule has 0 radical (unpaired) electrons. The molecule has 0 aliphatic carbocycles. The van der Waals surface area contributed by atoms with Gasteiger partial charge < -0.3 is 4.90 Å². The summed E-state index contributed by atoms with van der Waals surface area (Å²) in [7, 11) is 4.02. The monoisotopic (exact) mass is 288 g/mol. The second kappa shape index (κ2) is 5.73. The molecule has 21 heavy (non-hydrogen) atoms. The highest BCUT2D eigenvalue weighted by Crippen LogP contribution is 2.32. The third-order valence-electron chi connectivity index (χ3n) is 5.04. The van der Waals surface area contributed by atoms with E-state index >= 15 is 0 Å². The summed E-state index contributed by atoms with van der Waals surface area (Å²) in [6, 6.07) is 6.04. The topological polar surface area (TPSA) is 39.7 Å². The molecule has 1 aromatic rings. The summed E-state index contributed by atoms with van der Waals surface area (Å²) >= 11 is 0. The molecule has 2 fully saturated rings. The smallest absolute Gasteiger partial charge is 0.242 e. The van der Waals surface area contributed by atoms with Crippen LogP contribution in [0.25, 0.3) is 0 Å². The van der Waals surface area contributed by atoms with Gasteiger partial charge in [0.25, 0.3) is 0 Å². The van der Waals surface area contributed by atoms with Crippen LogP contribution in [0.2, 0.25) is 0 Å². The minimum Gasteiger partial charge on any atom is -0.343 e. The van der Waals surface area contributed by atoms with Crippen LogP contribution in [0.1, 0.15) is 18.5 Å². The van der Waals surface area contributed by atoms with Crippen molar-refractivity contribution in [1.82, 2.24) is 19.7 Å². The zero-order valence-electron chi connectivity index (χ0n) is 13.0. The van der Waals surface area contributed by atoms with E-state index in [1.807, 2.05) is 30.3 Å². The lowest BCUT2D eigenvalue weighted by molar-refractivity contribution is -0.152. The Morgan fingerprint density at radius 2 is 1.90 bits per heavy atom. The molecule has 1 amide bonds. The summed E-state index contributed by atoms with van der Waals surface area (Å²) in [5.74, 6) is 0.300. The van der Waals surface area contributed by atoms with Gasteiger partial charge in [-0.2, -0.15) is 0 Å². The van der Waals surface area contributed by atoms with Crippen molar-refractivity contribution < 1.29 is 4.79 Å². The van der Waals surface area contributed by atoms with Gasteiger partial charge in [-0.3, -0.25) is 19.6 Å². The Balaban J connectivity index is 1.65. The normalized spacial score (nSPS) is 23.7. The number of amides is 1. The average molecular weight is 288 g/mol. The predicted molar refractivity (Wildman–Crippen MR) is 81.7 cm³/mol. The maximum absolute atomic E-state index is 12.6. The van der Waals surface area contributed by atoms with Crippen LogP contribution in [-0.4, -0.2) is 71.4 Å². The van der Waals surface area contributed by atoms with Crippen LogP contribution in [0, 0.1) is 0 Å². The lowest BCUT2D eigenvalue weighted by Crippen LogP contribution is -2.66. The maximum Gasteiger partial charge on any atom is 0.242 e. The van der Waals surface area contributed by atoms with Crippen LogP contribution in [0.4, 0.5) is 0 Å². The number of nitrogens with zero attached hydrogens (tertiary/aromatic N) is 4. The number of aromatic nitrogens is 1. The van der Waals surface area contributed by atoms with Crippen molar-refractivity contribution in [2.45, 2.75) is 24.9 Å². The van der Waals surface area contributed by atoms with Gasteiger partial charge in [-0.1, -0.05) is 6.07 Å². The lowest BCUT2D eigenvalue weighted by Gasteiger charge is -2.50. The first-order valence-electron chi connectivity index (χ1n) is 7.71. The van der Waals surface area contributed by atoms with Gasteiger partial charge in [0.1, 0.15) is 5.54 Å². The minimum atomic E-state index is -0.270. The Morgan fingerprint density at radius 1 is 1.14 bits per heavy atom. The third kappa shape index (κ3) is 2.68. The molecule has 1 aromatic heterocycles. The zero-order chi connectivity index (χ0) is 14.9. The molecule has 0 N–H and O–H groups in total. The Morgan fingerprint density at radius 3 is 2.57 bits per heavy atom. The van der Waals surface area contributed by atoms with Crippen molar-refractivity contribution >= 4 is 5.91 Å². The number of carbonyl (C=O) groups is 1. The van der Waals surface area contributed by atoms with E-state index in [4.69, 9.17) is 0 Å². The summed E-state index contributed by atoms with van der Waals surface area (Å²) < 4.78 is 0. The average Bonchev–Trinajstić information content (AvgIpc) is 2.52. The van der Waals surface area contributed by atoms with Gasteiger partial charge in [-0.25, -0.2) is 0 Å². The van der Waals surface area contributed by atoms with Crippen LogP contribution in [0.5, 0.6) is 0 Å². The van der Waals surface area contributed by atoms with Crippen LogP contribution in [0.3, 0.4) is 0 Å². The summed E-state index contributed by atoms with van der Waals surface area (Å²) in [5, 5.41) is 0. The zero-order valence-corrected chi connectivity index (χ0v) is 13.0. The van der Waals surface area contributed by atoms with Crippen LogP contribution in [-0.2, 0) is 11.3 Å². The van der Waals surface area contributed by atoms with Gasteiger partial charge in [0.2, 0.25) is 5.91 Å². The highest BCUT2D eigenvalue weighted by molar-refractivity contribution is 5.87. The van der Waals surface area contributed by atoms with Crippen LogP contribution >= 0.6 is 0 Å². The molecule has 0 saturated carbocycles. The molecule has 0 aromatic carbocycles. The van der Waals surface area contributed by atoms with E-state index < -0.39 is 0 Å². The van der Waals surface area contributed by atoms with Gasteiger partial charge in [0.05, 0.1) is 5.69 Å². The Bertz CT molecular complexity index is 496. The summed E-state index contributed by atoms with van der Waals surface area (Å²) in [6.45, 7) is 4.61. The molecule has 3 rings (SSSR count). The SMILES string of the molecule is CN1CCN(C)C2(CCN(Cc3ccccn3)CC2)C1=O. The Hall–Kier alpha value is -1.46. The highest BCUT2D eigenvalue weighted by atomic mass is 16.2. The van der Waals surface area contributed by atoms with Gasteiger partial charge in [0, 0.05) is 46.0 Å². The van der Waals surface area contributed by atoms with E-state index in [1.54, 1.807) is 0 Å². The van der Waals surface area contributed by atoms with Crippen molar-refractivity contribution in [3.05, 3.63) is 30.1 Å². The van der Waals surface area contributed by atoms with E-state index in [0.717, 1.165) is 51.3 Å². The van der Waals surface area contributed by atoms with E-state index in [9.17, 15) is 4.79 Å². The van der Waals surface area contributed by atoms with Crippen molar-refractivity contribution in [3.8, 4) is 0 Å². The fraction of sp³-hybridized carbons (Fsp3) is 0.625.